The molecule has 0 saturated carbocycles. The summed E-state index contributed by atoms with van der Waals surface area (Å²) >= 11 is 0. The van der Waals surface area contributed by atoms with Crippen molar-refractivity contribution < 1.29 is 9.21 Å². The number of rotatable bonds is 4. The second-order valence-electron chi connectivity index (χ2n) is 5.59. The number of benzene rings is 1. The molecule has 124 valence electrons. The summed E-state index contributed by atoms with van der Waals surface area (Å²) in [4.78, 5) is 32.9. The van der Waals surface area contributed by atoms with Crippen molar-refractivity contribution >= 4 is 28.0 Å². The van der Waals surface area contributed by atoms with Crippen LogP contribution in [0.4, 0.5) is 0 Å². The van der Waals surface area contributed by atoms with Gasteiger partial charge in [0.25, 0.3) is 5.56 Å². The van der Waals surface area contributed by atoms with Gasteiger partial charge in [-0.15, -0.1) is 0 Å². The first kappa shape index (κ1) is 15.1. The molecule has 3 aromatic heterocycles. The van der Waals surface area contributed by atoms with E-state index >= 15 is 0 Å². The maximum Gasteiger partial charge on any atom is 0.297 e. The average Bonchev–Trinajstić information content (AvgIpc) is 3.03. The van der Waals surface area contributed by atoms with Crippen molar-refractivity contribution in [2.24, 2.45) is 0 Å². The van der Waals surface area contributed by atoms with Crippen LogP contribution in [0, 0.1) is 0 Å². The molecule has 1 amide bonds. The van der Waals surface area contributed by atoms with E-state index in [0.29, 0.717) is 17.6 Å². The topological polar surface area (TPSA) is 90.0 Å². The van der Waals surface area contributed by atoms with Crippen LogP contribution in [0.2, 0.25) is 0 Å². The molecular weight excluding hydrogens is 320 g/mol. The van der Waals surface area contributed by atoms with Gasteiger partial charge in [-0.25, -0.2) is 4.98 Å². The van der Waals surface area contributed by atoms with Gasteiger partial charge in [0.05, 0.1) is 6.33 Å². The normalized spacial score (nSPS) is 11.0. The Balaban J connectivity index is 1.57. The molecule has 0 aliphatic carbocycles. The Labute approximate surface area is 141 Å². The van der Waals surface area contributed by atoms with Crippen molar-refractivity contribution in [1.82, 2.24) is 19.9 Å². The largest absolute Gasteiger partial charge is 0.448 e. The number of carbonyl (C=O) groups is 1. The first-order valence-corrected chi connectivity index (χ1v) is 7.74. The Bertz CT molecular complexity index is 1120. The molecule has 0 aliphatic heterocycles. The SMILES string of the molecule is O=C(Cn1cnc2c(oc3ccccc32)c1=O)NCc1ccncc1. The molecule has 0 aliphatic rings. The highest BCUT2D eigenvalue weighted by Gasteiger charge is 2.14. The average molecular weight is 334 g/mol. The van der Waals surface area contributed by atoms with Gasteiger partial charge in [0.2, 0.25) is 11.5 Å². The van der Waals surface area contributed by atoms with Crippen LogP contribution in [0.3, 0.4) is 0 Å². The van der Waals surface area contributed by atoms with Crippen LogP contribution in [-0.2, 0) is 17.9 Å². The van der Waals surface area contributed by atoms with E-state index in [1.54, 1.807) is 18.5 Å². The number of aromatic nitrogens is 3. The molecule has 0 bridgehead atoms. The molecule has 0 unspecified atom stereocenters. The minimum Gasteiger partial charge on any atom is -0.448 e. The van der Waals surface area contributed by atoms with Crippen LogP contribution >= 0.6 is 0 Å². The highest BCUT2D eigenvalue weighted by molar-refractivity contribution is 6.01. The maximum atomic E-state index is 12.5. The Hall–Kier alpha value is -3.48. The van der Waals surface area contributed by atoms with E-state index in [9.17, 15) is 9.59 Å². The number of carbonyl (C=O) groups excluding carboxylic acids is 1. The molecule has 7 nitrogen and oxygen atoms in total. The van der Waals surface area contributed by atoms with Crippen molar-refractivity contribution in [3.63, 3.8) is 0 Å². The van der Waals surface area contributed by atoms with E-state index in [1.165, 1.54) is 10.9 Å². The van der Waals surface area contributed by atoms with Crippen LogP contribution in [0.1, 0.15) is 5.56 Å². The number of para-hydroxylation sites is 1. The molecule has 3 heterocycles. The van der Waals surface area contributed by atoms with Gasteiger partial charge < -0.3 is 9.73 Å². The molecule has 4 aromatic rings. The number of hydrogen-bond acceptors (Lipinski definition) is 5. The van der Waals surface area contributed by atoms with Crippen LogP contribution in [0.25, 0.3) is 22.1 Å². The number of amides is 1. The lowest BCUT2D eigenvalue weighted by Gasteiger charge is -2.06. The van der Waals surface area contributed by atoms with E-state index in [2.05, 4.69) is 15.3 Å². The summed E-state index contributed by atoms with van der Waals surface area (Å²) in [7, 11) is 0. The van der Waals surface area contributed by atoms with Gasteiger partial charge in [0, 0.05) is 24.3 Å². The third kappa shape index (κ3) is 2.87. The van der Waals surface area contributed by atoms with Gasteiger partial charge >= 0.3 is 0 Å². The molecular formula is C18H14N4O3. The van der Waals surface area contributed by atoms with Crippen LogP contribution < -0.4 is 10.9 Å². The lowest BCUT2D eigenvalue weighted by molar-refractivity contribution is -0.121. The lowest BCUT2D eigenvalue weighted by atomic mass is 10.2. The molecule has 4 rings (SSSR count). The summed E-state index contributed by atoms with van der Waals surface area (Å²) in [5.41, 5.74) is 1.82. The number of nitrogens with zero attached hydrogens (tertiary/aromatic N) is 3. The summed E-state index contributed by atoms with van der Waals surface area (Å²) in [6, 6.07) is 10.9. The van der Waals surface area contributed by atoms with E-state index in [0.717, 1.165) is 10.9 Å². The van der Waals surface area contributed by atoms with E-state index in [4.69, 9.17) is 4.42 Å². The van der Waals surface area contributed by atoms with Gasteiger partial charge in [0.1, 0.15) is 17.6 Å². The summed E-state index contributed by atoms with van der Waals surface area (Å²) in [6.45, 7) is 0.250. The summed E-state index contributed by atoms with van der Waals surface area (Å²) in [6.07, 6.45) is 4.69. The van der Waals surface area contributed by atoms with Gasteiger partial charge in [-0.3, -0.25) is 19.1 Å². The quantitative estimate of drug-likeness (QED) is 0.615. The highest BCUT2D eigenvalue weighted by atomic mass is 16.3. The summed E-state index contributed by atoms with van der Waals surface area (Å²) < 4.78 is 6.84. The number of pyridine rings is 1. The Kier molecular flexibility index (Phi) is 3.74. The predicted octanol–water partition coefficient (Wildman–Crippen LogP) is 1.85. The van der Waals surface area contributed by atoms with Gasteiger partial charge in [-0.05, 0) is 29.8 Å². The molecule has 25 heavy (non-hydrogen) atoms. The Morgan fingerprint density at radius 3 is 2.80 bits per heavy atom. The van der Waals surface area contributed by atoms with E-state index < -0.39 is 0 Å². The molecule has 0 saturated heterocycles. The summed E-state index contributed by atoms with van der Waals surface area (Å²) in [5.74, 6) is -0.281. The number of furan rings is 1. The van der Waals surface area contributed by atoms with Crippen molar-refractivity contribution in [2.75, 3.05) is 0 Å². The molecule has 0 radical (unpaired) electrons. The Morgan fingerprint density at radius 2 is 1.96 bits per heavy atom. The smallest absolute Gasteiger partial charge is 0.297 e. The van der Waals surface area contributed by atoms with Crippen LogP contribution in [-0.4, -0.2) is 20.4 Å². The minimum absolute atomic E-state index is 0.121. The standard InChI is InChI=1S/C18H14N4O3/c23-15(20-9-12-5-7-19-8-6-12)10-22-11-21-16-13-3-1-2-4-14(13)25-17(16)18(22)24/h1-8,11H,9-10H2,(H,20,23). The number of fused-ring (bicyclic) bond motifs is 3. The molecule has 1 N–H and O–H groups in total. The zero-order valence-electron chi connectivity index (χ0n) is 13.2. The van der Waals surface area contributed by atoms with Crippen molar-refractivity contribution in [2.45, 2.75) is 13.1 Å². The van der Waals surface area contributed by atoms with Crippen molar-refractivity contribution in [3.05, 3.63) is 71.0 Å². The second-order valence-corrected chi connectivity index (χ2v) is 5.59. The molecule has 0 atom stereocenters. The number of nitrogens with one attached hydrogen (secondary N) is 1. The fraction of sp³-hybridized carbons (Fsp3) is 0.111. The number of hydrogen-bond donors (Lipinski definition) is 1. The van der Waals surface area contributed by atoms with Crippen LogP contribution in [0.15, 0.2) is 64.3 Å². The van der Waals surface area contributed by atoms with Crippen molar-refractivity contribution in [1.29, 1.82) is 0 Å². The van der Waals surface area contributed by atoms with Gasteiger partial charge in [0.15, 0.2) is 0 Å². The zero-order valence-corrected chi connectivity index (χ0v) is 13.2. The van der Waals surface area contributed by atoms with Crippen LogP contribution in [0.5, 0.6) is 0 Å². The molecule has 1 aromatic carbocycles. The molecule has 7 heteroatoms. The first-order valence-electron chi connectivity index (χ1n) is 7.74. The van der Waals surface area contributed by atoms with Gasteiger partial charge in [-0.1, -0.05) is 12.1 Å². The molecule has 0 fully saturated rings. The second kappa shape index (κ2) is 6.20. The first-order chi connectivity index (χ1) is 12.2. The lowest BCUT2D eigenvalue weighted by Crippen LogP contribution is -2.32. The monoisotopic (exact) mass is 334 g/mol. The van der Waals surface area contributed by atoms with Crippen molar-refractivity contribution in [3.8, 4) is 0 Å². The summed E-state index contributed by atoms with van der Waals surface area (Å²) in [5, 5.41) is 3.55. The van der Waals surface area contributed by atoms with Gasteiger partial charge in [-0.2, -0.15) is 0 Å². The Morgan fingerprint density at radius 1 is 1.16 bits per heavy atom. The predicted molar refractivity (Wildman–Crippen MR) is 91.9 cm³/mol. The maximum absolute atomic E-state index is 12.5. The third-order valence-electron chi connectivity index (χ3n) is 3.90. The fourth-order valence-electron chi connectivity index (χ4n) is 2.64. The minimum atomic E-state index is -0.375. The fourth-order valence-corrected chi connectivity index (χ4v) is 2.64. The van der Waals surface area contributed by atoms with E-state index in [1.807, 2.05) is 30.3 Å². The third-order valence-corrected chi connectivity index (χ3v) is 3.90. The molecule has 0 spiro atoms. The van der Waals surface area contributed by atoms with E-state index in [-0.39, 0.29) is 23.6 Å². The highest BCUT2D eigenvalue weighted by Crippen LogP contribution is 2.23. The zero-order chi connectivity index (χ0) is 17.2.